The van der Waals surface area contributed by atoms with Crippen LogP contribution in [0, 0.1) is 20.8 Å². The maximum Gasteiger partial charge on any atom is 0.262 e. The number of para-hydroxylation sites is 1. The second-order valence-corrected chi connectivity index (χ2v) is 10.6. The van der Waals surface area contributed by atoms with E-state index in [-0.39, 0.29) is 10.6 Å². The van der Waals surface area contributed by atoms with E-state index in [1.807, 2.05) is 19.1 Å². The summed E-state index contributed by atoms with van der Waals surface area (Å²) in [5, 5.41) is 0. The molecule has 8 heteroatoms. The zero-order valence-corrected chi connectivity index (χ0v) is 17.3. The van der Waals surface area contributed by atoms with Gasteiger partial charge in [0.05, 0.1) is 22.0 Å². The van der Waals surface area contributed by atoms with Crippen molar-refractivity contribution < 1.29 is 16.8 Å². The fourth-order valence-corrected chi connectivity index (χ4v) is 6.67. The van der Waals surface area contributed by atoms with Gasteiger partial charge in [-0.1, -0.05) is 18.2 Å². The van der Waals surface area contributed by atoms with Crippen molar-refractivity contribution in [2.45, 2.75) is 38.5 Å². The third-order valence-corrected chi connectivity index (χ3v) is 8.28. The fourth-order valence-electron chi connectivity index (χ4n) is 3.46. The van der Waals surface area contributed by atoms with Gasteiger partial charge in [-0.05, 0) is 68.5 Å². The Bertz CT molecular complexity index is 1050. The molecule has 1 aliphatic rings. The first-order chi connectivity index (χ1) is 12.6. The third kappa shape index (κ3) is 3.96. The molecule has 0 bridgehead atoms. The van der Waals surface area contributed by atoms with Gasteiger partial charge in [0.25, 0.3) is 10.0 Å². The Morgan fingerprint density at radius 3 is 2.19 bits per heavy atom. The molecule has 3 rings (SSSR count). The van der Waals surface area contributed by atoms with Crippen molar-refractivity contribution in [2.75, 3.05) is 21.3 Å². The molecule has 0 aliphatic carbocycles. The van der Waals surface area contributed by atoms with Gasteiger partial charge in [-0.25, -0.2) is 16.8 Å². The lowest BCUT2D eigenvalue weighted by Crippen LogP contribution is -2.38. The van der Waals surface area contributed by atoms with Crippen LogP contribution in [0.4, 0.5) is 11.4 Å². The number of nitrogens with zero attached hydrogens (tertiary/aromatic N) is 1. The van der Waals surface area contributed by atoms with Gasteiger partial charge in [0, 0.05) is 6.54 Å². The molecule has 1 heterocycles. The molecule has 0 amide bonds. The van der Waals surface area contributed by atoms with Crippen molar-refractivity contribution in [3.8, 4) is 0 Å². The van der Waals surface area contributed by atoms with Gasteiger partial charge in [0.1, 0.15) is 0 Å². The van der Waals surface area contributed by atoms with E-state index >= 15 is 0 Å². The van der Waals surface area contributed by atoms with Gasteiger partial charge in [0.2, 0.25) is 10.0 Å². The predicted molar refractivity (Wildman–Crippen MR) is 108 cm³/mol. The Morgan fingerprint density at radius 2 is 1.59 bits per heavy atom. The number of hydrogen-bond donors (Lipinski definition) is 1. The van der Waals surface area contributed by atoms with Gasteiger partial charge in [0.15, 0.2) is 0 Å². The molecule has 1 aliphatic heterocycles. The van der Waals surface area contributed by atoms with E-state index in [0.717, 1.165) is 12.0 Å². The first-order valence-electron chi connectivity index (χ1n) is 8.82. The van der Waals surface area contributed by atoms with Gasteiger partial charge in [-0.3, -0.25) is 9.03 Å². The zero-order valence-electron chi connectivity index (χ0n) is 15.7. The highest BCUT2D eigenvalue weighted by molar-refractivity contribution is 7.93. The van der Waals surface area contributed by atoms with Crippen LogP contribution >= 0.6 is 0 Å². The second kappa shape index (κ2) is 7.16. The molecule has 0 aromatic heterocycles. The lowest BCUT2D eigenvalue weighted by Gasteiger charge is -2.29. The minimum atomic E-state index is -3.79. The number of hydrogen-bond acceptors (Lipinski definition) is 4. The Labute approximate surface area is 161 Å². The second-order valence-electron chi connectivity index (χ2n) is 6.92. The quantitative estimate of drug-likeness (QED) is 0.841. The number of rotatable bonds is 4. The van der Waals surface area contributed by atoms with Crippen molar-refractivity contribution >= 4 is 31.4 Å². The molecule has 1 N–H and O–H groups in total. The summed E-state index contributed by atoms with van der Waals surface area (Å²) in [6.07, 6.45) is 1.45. The third-order valence-electron chi connectivity index (χ3n) is 4.74. The molecule has 2 aromatic carbocycles. The normalized spacial score (nSPS) is 16.9. The number of nitrogens with one attached hydrogen (secondary N) is 1. The number of aryl methyl sites for hydroxylation is 3. The van der Waals surface area contributed by atoms with Gasteiger partial charge < -0.3 is 0 Å². The first-order valence-corrected chi connectivity index (χ1v) is 11.9. The topological polar surface area (TPSA) is 83.6 Å². The summed E-state index contributed by atoms with van der Waals surface area (Å²) in [6.45, 7) is 5.65. The van der Waals surface area contributed by atoms with E-state index in [4.69, 9.17) is 0 Å². The predicted octanol–water partition coefficient (Wildman–Crippen LogP) is 3.34. The monoisotopic (exact) mass is 408 g/mol. The molecule has 0 spiro atoms. The molecule has 0 saturated carbocycles. The van der Waals surface area contributed by atoms with E-state index in [1.165, 1.54) is 4.31 Å². The standard InChI is InChI=1S/C19H24N2O4S2/c1-14-8-4-5-9-18(14)20-27(24,25)19-15(2)12-17(13-16(19)3)21-10-6-7-11-26(21,22)23/h4-5,8-9,12-13,20H,6-7,10-11H2,1-3H3. The lowest BCUT2D eigenvalue weighted by atomic mass is 10.1. The molecule has 146 valence electrons. The molecule has 1 saturated heterocycles. The van der Waals surface area contributed by atoms with Crippen LogP contribution in [0.3, 0.4) is 0 Å². The molecular formula is C19H24N2O4S2. The summed E-state index contributed by atoms with van der Waals surface area (Å²) in [4.78, 5) is 0.184. The number of benzene rings is 2. The van der Waals surface area contributed by atoms with Crippen LogP contribution in [-0.4, -0.2) is 29.1 Å². The Kier molecular flexibility index (Phi) is 5.22. The highest BCUT2D eigenvalue weighted by Crippen LogP contribution is 2.31. The largest absolute Gasteiger partial charge is 0.279 e. The SMILES string of the molecule is Cc1ccccc1NS(=O)(=O)c1c(C)cc(N2CCCCS2(=O)=O)cc1C. The molecular weight excluding hydrogens is 384 g/mol. The van der Waals surface area contributed by atoms with Crippen molar-refractivity contribution in [1.82, 2.24) is 0 Å². The average Bonchev–Trinajstić information content (AvgIpc) is 2.55. The van der Waals surface area contributed by atoms with Gasteiger partial charge in [-0.2, -0.15) is 0 Å². The van der Waals surface area contributed by atoms with E-state index < -0.39 is 20.0 Å². The number of anilines is 2. The highest BCUT2D eigenvalue weighted by atomic mass is 32.2. The molecule has 1 fully saturated rings. The van der Waals surface area contributed by atoms with Crippen LogP contribution < -0.4 is 9.03 Å². The van der Waals surface area contributed by atoms with E-state index in [2.05, 4.69) is 4.72 Å². The van der Waals surface area contributed by atoms with Gasteiger partial charge in [-0.15, -0.1) is 0 Å². The summed E-state index contributed by atoms with van der Waals surface area (Å²) >= 11 is 0. The number of sulfonamides is 2. The molecule has 27 heavy (non-hydrogen) atoms. The maximum atomic E-state index is 13.0. The van der Waals surface area contributed by atoms with Crippen molar-refractivity contribution in [3.63, 3.8) is 0 Å². The minimum absolute atomic E-state index is 0.125. The Hall–Kier alpha value is -2.06. The van der Waals surface area contributed by atoms with E-state index in [1.54, 1.807) is 38.1 Å². The summed E-state index contributed by atoms with van der Waals surface area (Å²) in [6, 6.07) is 10.4. The van der Waals surface area contributed by atoms with Crippen molar-refractivity contribution in [1.29, 1.82) is 0 Å². The molecule has 6 nitrogen and oxygen atoms in total. The molecule has 0 unspecified atom stereocenters. The summed E-state index contributed by atoms with van der Waals surface area (Å²) in [5.41, 5.74) is 2.92. The fraction of sp³-hybridized carbons (Fsp3) is 0.368. The minimum Gasteiger partial charge on any atom is -0.279 e. The van der Waals surface area contributed by atoms with Crippen LogP contribution in [0.2, 0.25) is 0 Å². The van der Waals surface area contributed by atoms with E-state index in [9.17, 15) is 16.8 Å². The van der Waals surface area contributed by atoms with Crippen LogP contribution in [-0.2, 0) is 20.0 Å². The highest BCUT2D eigenvalue weighted by Gasteiger charge is 2.28. The molecule has 0 radical (unpaired) electrons. The smallest absolute Gasteiger partial charge is 0.262 e. The Balaban J connectivity index is 2.01. The van der Waals surface area contributed by atoms with E-state index in [0.29, 0.717) is 35.5 Å². The zero-order chi connectivity index (χ0) is 19.8. The van der Waals surface area contributed by atoms with Crippen molar-refractivity contribution in [3.05, 3.63) is 53.1 Å². The average molecular weight is 409 g/mol. The van der Waals surface area contributed by atoms with Crippen LogP contribution in [0.15, 0.2) is 41.3 Å². The van der Waals surface area contributed by atoms with Crippen LogP contribution in [0.25, 0.3) is 0 Å². The summed E-state index contributed by atoms with van der Waals surface area (Å²) in [7, 11) is -7.14. The Morgan fingerprint density at radius 1 is 0.963 bits per heavy atom. The molecule has 2 aromatic rings. The van der Waals surface area contributed by atoms with Crippen molar-refractivity contribution in [2.24, 2.45) is 0 Å². The first kappa shape index (κ1) is 19.7. The lowest BCUT2D eigenvalue weighted by molar-refractivity contribution is 0.574. The van der Waals surface area contributed by atoms with Crippen LogP contribution in [0.5, 0.6) is 0 Å². The van der Waals surface area contributed by atoms with Gasteiger partial charge >= 0.3 is 0 Å². The summed E-state index contributed by atoms with van der Waals surface area (Å²) in [5.74, 6) is 0.125. The molecule has 0 atom stereocenters. The van der Waals surface area contributed by atoms with Crippen LogP contribution in [0.1, 0.15) is 29.5 Å². The maximum absolute atomic E-state index is 13.0. The summed E-state index contributed by atoms with van der Waals surface area (Å²) < 4.78 is 54.7.